The van der Waals surface area contributed by atoms with E-state index in [-0.39, 0.29) is 31.1 Å². The van der Waals surface area contributed by atoms with Crippen LogP contribution in [0.15, 0.2) is 85.1 Å². The highest BCUT2D eigenvalue weighted by Gasteiger charge is 2.19. The number of rotatable bonds is 53. The zero-order chi connectivity index (χ0) is 50.7. The van der Waals surface area contributed by atoms with Gasteiger partial charge in [0.15, 0.2) is 6.10 Å². The molecule has 0 fully saturated rings. The van der Waals surface area contributed by atoms with Gasteiger partial charge in [0.05, 0.1) is 0 Å². The average molecular weight is 976 g/mol. The minimum Gasteiger partial charge on any atom is -0.462 e. The van der Waals surface area contributed by atoms with Gasteiger partial charge in [-0.15, -0.1) is 0 Å². The molecule has 0 bridgehead atoms. The number of hydrogen-bond donors (Lipinski definition) is 0. The average Bonchev–Trinajstić information content (AvgIpc) is 3.36. The summed E-state index contributed by atoms with van der Waals surface area (Å²) in [4.78, 5) is 38.2. The van der Waals surface area contributed by atoms with Gasteiger partial charge < -0.3 is 14.2 Å². The fourth-order valence-corrected chi connectivity index (χ4v) is 8.17. The maximum Gasteiger partial charge on any atom is 0.306 e. The van der Waals surface area contributed by atoms with Crippen LogP contribution < -0.4 is 0 Å². The number of carbonyl (C=O) groups is 3. The molecule has 0 aromatic carbocycles. The Bertz CT molecular complexity index is 1350. The Morgan fingerprint density at radius 3 is 0.943 bits per heavy atom. The third-order valence-corrected chi connectivity index (χ3v) is 12.6. The molecule has 0 aliphatic carbocycles. The van der Waals surface area contributed by atoms with Crippen LogP contribution in [0.1, 0.15) is 284 Å². The van der Waals surface area contributed by atoms with Gasteiger partial charge >= 0.3 is 17.9 Å². The molecule has 0 amide bonds. The smallest absolute Gasteiger partial charge is 0.306 e. The van der Waals surface area contributed by atoms with E-state index in [4.69, 9.17) is 14.2 Å². The van der Waals surface area contributed by atoms with Crippen LogP contribution in [0.25, 0.3) is 0 Å². The molecular weight excluding hydrogens is 865 g/mol. The van der Waals surface area contributed by atoms with E-state index in [1.807, 2.05) is 0 Å². The van der Waals surface area contributed by atoms with E-state index in [1.54, 1.807) is 0 Å². The lowest BCUT2D eigenvalue weighted by atomic mass is 10.1. The zero-order valence-electron chi connectivity index (χ0n) is 46.0. The van der Waals surface area contributed by atoms with E-state index in [2.05, 4.69) is 106 Å². The first-order valence-electron chi connectivity index (χ1n) is 29.6. The molecule has 0 spiro atoms. The molecule has 0 rings (SSSR count). The zero-order valence-corrected chi connectivity index (χ0v) is 46.0. The normalized spacial score (nSPS) is 12.7. The molecule has 6 heteroatoms. The quantitative estimate of drug-likeness (QED) is 0.0261. The van der Waals surface area contributed by atoms with Gasteiger partial charge in [-0.3, -0.25) is 14.4 Å². The van der Waals surface area contributed by atoms with Gasteiger partial charge in [0.2, 0.25) is 0 Å². The monoisotopic (exact) mass is 975 g/mol. The van der Waals surface area contributed by atoms with Gasteiger partial charge in [-0.2, -0.15) is 0 Å². The highest BCUT2D eigenvalue weighted by atomic mass is 16.6. The first-order valence-corrected chi connectivity index (χ1v) is 29.6. The molecule has 0 aromatic rings. The summed E-state index contributed by atoms with van der Waals surface area (Å²) >= 11 is 0. The Morgan fingerprint density at radius 1 is 0.300 bits per heavy atom. The number of esters is 3. The second kappa shape index (κ2) is 58.2. The third-order valence-electron chi connectivity index (χ3n) is 12.6. The maximum absolute atomic E-state index is 12.9. The summed E-state index contributed by atoms with van der Waals surface area (Å²) in [5.74, 6) is -0.906. The topological polar surface area (TPSA) is 78.9 Å². The van der Waals surface area contributed by atoms with Crippen molar-refractivity contribution in [1.29, 1.82) is 0 Å². The molecule has 0 aromatic heterocycles. The van der Waals surface area contributed by atoms with Crippen molar-refractivity contribution >= 4 is 17.9 Å². The van der Waals surface area contributed by atoms with Crippen molar-refractivity contribution in [2.24, 2.45) is 0 Å². The Balaban J connectivity index is 4.38. The van der Waals surface area contributed by atoms with Gasteiger partial charge in [-0.05, 0) is 109 Å². The standard InChI is InChI=1S/C64H110O6/c1-4-7-10-13-16-19-22-25-27-29-31-32-33-35-36-39-42-45-48-51-54-57-63(66)69-60-61(59-68-62(65)56-53-50-47-44-41-38-24-21-18-15-12-9-6-3)70-64(67)58-55-52-49-46-43-40-37-34-30-28-26-23-20-17-14-11-8-5-2/h7,10,12,15-16,19,21,24-25,27-28,30-32,61H,4-6,8-9,11,13-14,17-18,20,22-23,26,29,33-60H2,1-3H3/b10-7-,15-12-,19-16-,24-21-,27-25-,30-28-,32-31-. The maximum atomic E-state index is 12.9. The Labute approximate surface area is 433 Å². The lowest BCUT2D eigenvalue weighted by molar-refractivity contribution is -0.167. The van der Waals surface area contributed by atoms with Crippen LogP contribution in [0.4, 0.5) is 0 Å². The molecule has 1 atom stereocenters. The first kappa shape index (κ1) is 66.6. The second-order valence-electron chi connectivity index (χ2n) is 19.5. The van der Waals surface area contributed by atoms with Crippen LogP contribution in [0.2, 0.25) is 0 Å². The summed E-state index contributed by atoms with van der Waals surface area (Å²) in [6.07, 6.45) is 75.7. The number of ether oxygens (including phenoxy) is 3. The Hall–Kier alpha value is -3.41. The SMILES string of the molecule is CC/C=C\C/C=C\C/C=C\C/C=C\CCCCCCCCCCC(=O)OCC(COC(=O)CCCCCCC/C=C\C/C=C\CCC)OC(=O)CCCCCCCCC/C=C\CCCCCCCCC. The minimum absolute atomic E-state index is 0.0868. The number of hydrogen-bond acceptors (Lipinski definition) is 6. The molecule has 0 saturated heterocycles. The lowest BCUT2D eigenvalue weighted by Gasteiger charge is -2.18. The molecule has 70 heavy (non-hydrogen) atoms. The number of carbonyl (C=O) groups excluding carboxylic acids is 3. The molecule has 0 saturated carbocycles. The van der Waals surface area contributed by atoms with Crippen molar-refractivity contribution in [2.45, 2.75) is 290 Å². The van der Waals surface area contributed by atoms with Crippen LogP contribution in [-0.2, 0) is 28.6 Å². The van der Waals surface area contributed by atoms with E-state index in [0.29, 0.717) is 19.3 Å². The van der Waals surface area contributed by atoms with E-state index in [1.165, 1.54) is 122 Å². The summed E-state index contributed by atoms with van der Waals surface area (Å²) in [7, 11) is 0. The van der Waals surface area contributed by atoms with Crippen LogP contribution in [-0.4, -0.2) is 37.2 Å². The molecule has 0 heterocycles. The van der Waals surface area contributed by atoms with Gasteiger partial charge in [-0.1, -0.05) is 241 Å². The number of allylic oxidation sites excluding steroid dienone is 14. The van der Waals surface area contributed by atoms with Crippen molar-refractivity contribution < 1.29 is 28.6 Å². The third kappa shape index (κ3) is 55.5. The molecular formula is C64H110O6. The summed E-state index contributed by atoms with van der Waals surface area (Å²) in [6.45, 7) is 6.46. The number of unbranched alkanes of at least 4 members (excludes halogenated alkanes) is 28. The largest absolute Gasteiger partial charge is 0.462 e. The van der Waals surface area contributed by atoms with Gasteiger partial charge in [0, 0.05) is 19.3 Å². The van der Waals surface area contributed by atoms with Crippen molar-refractivity contribution in [2.75, 3.05) is 13.2 Å². The van der Waals surface area contributed by atoms with Crippen LogP contribution in [0.5, 0.6) is 0 Å². The van der Waals surface area contributed by atoms with Gasteiger partial charge in [0.25, 0.3) is 0 Å². The van der Waals surface area contributed by atoms with Crippen molar-refractivity contribution in [3.63, 3.8) is 0 Å². The second-order valence-corrected chi connectivity index (χ2v) is 19.5. The fourth-order valence-electron chi connectivity index (χ4n) is 8.17. The van der Waals surface area contributed by atoms with Gasteiger partial charge in [-0.25, -0.2) is 0 Å². The van der Waals surface area contributed by atoms with Gasteiger partial charge in [0.1, 0.15) is 13.2 Å². The predicted octanol–water partition coefficient (Wildman–Crippen LogP) is 19.9. The highest BCUT2D eigenvalue weighted by molar-refractivity contribution is 5.71. The first-order chi connectivity index (χ1) is 34.5. The fraction of sp³-hybridized carbons (Fsp3) is 0.734. The summed E-state index contributed by atoms with van der Waals surface area (Å²) in [5.41, 5.74) is 0. The molecule has 0 aliphatic heterocycles. The van der Waals surface area contributed by atoms with Crippen LogP contribution in [0.3, 0.4) is 0 Å². The molecule has 0 N–H and O–H groups in total. The minimum atomic E-state index is -0.789. The predicted molar refractivity (Wildman–Crippen MR) is 302 cm³/mol. The van der Waals surface area contributed by atoms with E-state index < -0.39 is 6.10 Å². The molecule has 6 nitrogen and oxygen atoms in total. The van der Waals surface area contributed by atoms with Crippen molar-refractivity contribution in [3.05, 3.63) is 85.1 Å². The Morgan fingerprint density at radius 2 is 0.586 bits per heavy atom. The van der Waals surface area contributed by atoms with Crippen molar-refractivity contribution in [3.8, 4) is 0 Å². The molecule has 402 valence electrons. The lowest BCUT2D eigenvalue weighted by Crippen LogP contribution is -2.30. The molecule has 0 aliphatic rings. The van der Waals surface area contributed by atoms with E-state index in [0.717, 1.165) is 122 Å². The summed E-state index contributed by atoms with van der Waals surface area (Å²) in [5, 5.41) is 0. The molecule has 1 unspecified atom stereocenters. The van der Waals surface area contributed by atoms with E-state index >= 15 is 0 Å². The summed E-state index contributed by atoms with van der Waals surface area (Å²) < 4.78 is 16.9. The Kier molecular flexibility index (Phi) is 55.3. The highest BCUT2D eigenvalue weighted by Crippen LogP contribution is 2.15. The van der Waals surface area contributed by atoms with Crippen molar-refractivity contribution in [1.82, 2.24) is 0 Å². The van der Waals surface area contributed by atoms with Crippen LogP contribution in [0, 0.1) is 0 Å². The van der Waals surface area contributed by atoms with E-state index in [9.17, 15) is 14.4 Å². The molecule has 0 radical (unpaired) electrons. The van der Waals surface area contributed by atoms with Crippen LogP contribution >= 0.6 is 0 Å². The summed E-state index contributed by atoms with van der Waals surface area (Å²) in [6, 6.07) is 0.